The van der Waals surface area contributed by atoms with Gasteiger partial charge in [0.05, 0.1) is 11.7 Å². The first-order chi connectivity index (χ1) is 6.38. The van der Waals surface area contributed by atoms with E-state index in [1.54, 1.807) is 7.11 Å². The summed E-state index contributed by atoms with van der Waals surface area (Å²) >= 11 is 1.33. The first kappa shape index (κ1) is 10.5. The molecule has 0 saturated heterocycles. The standard InChI is InChI=1S/C7H14N4OS/c1-12-4-2-3-6(9-8)7-5-13-11-10-7/h5-6,9H,2-4,8H2,1H3. The zero-order chi connectivity index (χ0) is 9.52. The zero-order valence-corrected chi connectivity index (χ0v) is 8.38. The van der Waals surface area contributed by atoms with Crippen molar-refractivity contribution in [1.29, 1.82) is 0 Å². The third kappa shape index (κ3) is 3.35. The van der Waals surface area contributed by atoms with Crippen LogP contribution in [0, 0.1) is 0 Å². The first-order valence-corrected chi connectivity index (χ1v) is 4.94. The molecule has 0 bridgehead atoms. The first-order valence-electron chi connectivity index (χ1n) is 4.10. The van der Waals surface area contributed by atoms with Gasteiger partial charge >= 0.3 is 0 Å². The molecule has 1 atom stereocenters. The largest absolute Gasteiger partial charge is 0.385 e. The number of nitrogens with one attached hydrogen (secondary N) is 1. The predicted molar refractivity (Wildman–Crippen MR) is 51.1 cm³/mol. The highest BCUT2D eigenvalue weighted by atomic mass is 32.1. The van der Waals surface area contributed by atoms with E-state index in [-0.39, 0.29) is 6.04 Å². The van der Waals surface area contributed by atoms with Crippen LogP contribution in [0.1, 0.15) is 24.6 Å². The molecule has 0 saturated carbocycles. The van der Waals surface area contributed by atoms with Crippen molar-refractivity contribution in [3.63, 3.8) is 0 Å². The second-order valence-electron chi connectivity index (χ2n) is 2.68. The molecule has 1 unspecified atom stereocenters. The van der Waals surface area contributed by atoms with Crippen LogP contribution in [-0.4, -0.2) is 23.3 Å². The quantitative estimate of drug-likeness (QED) is 0.398. The van der Waals surface area contributed by atoms with E-state index in [4.69, 9.17) is 10.6 Å². The number of hydrogen-bond acceptors (Lipinski definition) is 6. The van der Waals surface area contributed by atoms with Crippen LogP contribution >= 0.6 is 11.5 Å². The van der Waals surface area contributed by atoms with Gasteiger partial charge in [-0.15, -0.1) is 5.10 Å². The van der Waals surface area contributed by atoms with Crippen molar-refractivity contribution >= 4 is 11.5 Å². The molecule has 0 aliphatic carbocycles. The molecule has 6 heteroatoms. The fourth-order valence-electron chi connectivity index (χ4n) is 1.07. The van der Waals surface area contributed by atoms with Gasteiger partial charge in [-0.2, -0.15) is 0 Å². The molecule has 0 aliphatic rings. The third-order valence-electron chi connectivity index (χ3n) is 1.78. The lowest BCUT2D eigenvalue weighted by Crippen LogP contribution is -2.28. The van der Waals surface area contributed by atoms with Gasteiger partial charge < -0.3 is 4.74 Å². The summed E-state index contributed by atoms with van der Waals surface area (Å²) in [6.45, 7) is 0.746. The average Bonchev–Trinajstić information content (AvgIpc) is 2.65. The van der Waals surface area contributed by atoms with Crippen molar-refractivity contribution in [3.8, 4) is 0 Å². The highest BCUT2D eigenvalue weighted by molar-refractivity contribution is 7.03. The maximum Gasteiger partial charge on any atom is 0.0938 e. The number of rotatable bonds is 6. The molecule has 1 aromatic heterocycles. The van der Waals surface area contributed by atoms with E-state index in [1.165, 1.54) is 11.5 Å². The minimum absolute atomic E-state index is 0.0916. The molecule has 1 aromatic rings. The van der Waals surface area contributed by atoms with Crippen LogP contribution in [-0.2, 0) is 4.74 Å². The van der Waals surface area contributed by atoms with E-state index >= 15 is 0 Å². The Bertz CT molecular complexity index is 216. The summed E-state index contributed by atoms with van der Waals surface area (Å²) in [5.74, 6) is 5.39. The van der Waals surface area contributed by atoms with Crippen LogP contribution in [0.4, 0.5) is 0 Å². The molecular weight excluding hydrogens is 188 g/mol. The number of methoxy groups -OCH3 is 1. The minimum atomic E-state index is 0.0916. The summed E-state index contributed by atoms with van der Waals surface area (Å²) in [6.07, 6.45) is 1.87. The molecule has 0 spiro atoms. The Morgan fingerprint density at radius 3 is 3.15 bits per heavy atom. The van der Waals surface area contributed by atoms with Crippen molar-refractivity contribution in [2.24, 2.45) is 5.84 Å². The third-order valence-corrected chi connectivity index (χ3v) is 2.30. The van der Waals surface area contributed by atoms with E-state index in [1.807, 2.05) is 5.38 Å². The fourth-order valence-corrected chi connectivity index (χ4v) is 1.58. The van der Waals surface area contributed by atoms with Crippen LogP contribution < -0.4 is 11.3 Å². The average molecular weight is 202 g/mol. The molecule has 0 fully saturated rings. The fraction of sp³-hybridized carbons (Fsp3) is 0.714. The van der Waals surface area contributed by atoms with E-state index in [0.29, 0.717) is 0 Å². The molecule has 0 aliphatic heterocycles. The molecule has 0 aromatic carbocycles. The highest BCUT2D eigenvalue weighted by Crippen LogP contribution is 2.15. The smallest absolute Gasteiger partial charge is 0.0938 e. The zero-order valence-electron chi connectivity index (χ0n) is 7.56. The normalized spacial score (nSPS) is 13.1. The van der Waals surface area contributed by atoms with Gasteiger partial charge in [-0.05, 0) is 24.4 Å². The summed E-state index contributed by atoms with van der Waals surface area (Å²) in [5, 5.41) is 5.85. The lowest BCUT2D eigenvalue weighted by atomic mass is 10.1. The number of ether oxygens (including phenoxy) is 1. The van der Waals surface area contributed by atoms with Gasteiger partial charge in [-0.25, -0.2) is 0 Å². The predicted octanol–water partition coefficient (Wildman–Crippen LogP) is 0.469. The Morgan fingerprint density at radius 1 is 1.77 bits per heavy atom. The number of hydrazine groups is 1. The summed E-state index contributed by atoms with van der Waals surface area (Å²) in [6, 6.07) is 0.0916. The molecular formula is C7H14N4OS. The Hall–Kier alpha value is -0.560. The topological polar surface area (TPSA) is 73.1 Å². The summed E-state index contributed by atoms with van der Waals surface area (Å²) < 4.78 is 8.74. The van der Waals surface area contributed by atoms with Gasteiger partial charge in [-0.3, -0.25) is 11.3 Å². The van der Waals surface area contributed by atoms with Crippen LogP contribution in [0.5, 0.6) is 0 Å². The molecule has 3 N–H and O–H groups in total. The molecule has 1 rings (SSSR count). The molecule has 5 nitrogen and oxygen atoms in total. The number of nitrogens with two attached hydrogens (primary N) is 1. The molecule has 1 heterocycles. The monoisotopic (exact) mass is 202 g/mol. The van der Waals surface area contributed by atoms with Crippen LogP contribution in [0.2, 0.25) is 0 Å². The van der Waals surface area contributed by atoms with E-state index in [0.717, 1.165) is 25.1 Å². The van der Waals surface area contributed by atoms with Gasteiger partial charge in [0, 0.05) is 19.1 Å². The van der Waals surface area contributed by atoms with Crippen LogP contribution in [0.3, 0.4) is 0 Å². The van der Waals surface area contributed by atoms with Crippen molar-refractivity contribution in [1.82, 2.24) is 15.0 Å². The highest BCUT2D eigenvalue weighted by Gasteiger charge is 2.11. The number of aromatic nitrogens is 2. The maximum atomic E-state index is 5.39. The molecule has 0 amide bonds. The second-order valence-corrected chi connectivity index (χ2v) is 3.29. The summed E-state index contributed by atoms with van der Waals surface area (Å²) in [4.78, 5) is 0. The van der Waals surface area contributed by atoms with Crippen LogP contribution in [0.25, 0.3) is 0 Å². The maximum absolute atomic E-state index is 5.39. The van der Waals surface area contributed by atoms with E-state index in [2.05, 4.69) is 15.0 Å². The van der Waals surface area contributed by atoms with E-state index < -0.39 is 0 Å². The Kier molecular flexibility index (Phi) is 4.84. The Balaban J connectivity index is 2.35. The molecule has 0 radical (unpaired) electrons. The minimum Gasteiger partial charge on any atom is -0.385 e. The van der Waals surface area contributed by atoms with Crippen molar-refractivity contribution in [2.75, 3.05) is 13.7 Å². The van der Waals surface area contributed by atoms with Crippen molar-refractivity contribution < 1.29 is 4.74 Å². The van der Waals surface area contributed by atoms with Crippen molar-refractivity contribution in [2.45, 2.75) is 18.9 Å². The molecule has 13 heavy (non-hydrogen) atoms. The van der Waals surface area contributed by atoms with Gasteiger partial charge in [0.25, 0.3) is 0 Å². The second kappa shape index (κ2) is 5.98. The van der Waals surface area contributed by atoms with Crippen molar-refractivity contribution in [3.05, 3.63) is 11.1 Å². The number of nitrogens with zero attached hydrogens (tertiary/aromatic N) is 2. The SMILES string of the molecule is COCCCC(NN)c1csnn1. The van der Waals surface area contributed by atoms with Gasteiger partial charge in [0.1, 0.15) is 0 Å². The summed E-state index contributed by atoms with van der Waals surface area (Å²) in [5.41, 5.74) is 3.62. The lowest BCUT2D eigenvalue weighted by molar-refractivity contribution is 0.188. The van der Waals surface area contributed by atoms with Gasteiger partial charge in [0.2, 0.25) is 0 Å². The van der Waals surface area contributed by atoms with Gasteiger partial charge in [-0.1, -0.05) is 4.49 Å². The number of hydrogen-bond donors (Lipinski definition) is 2. The summed E-state index contributed by atoms with van der Waals surface area (Å²) in [7, 11) is 1.69. The van der Waals surface area contributed by atoms with Crippen LogP contribution in [0.15, 0.2) is 5.38 Å². The Morgan fingerprint density at radius 2 is 2.62 bits per heavy atom. The Labute approximate surface area is 81.4 Å². The van der Waals surface area contributed by atoms with E-state index in [9.17, 15) is 0 Å². The lowest BCUT2D eigenvalue weighted by Gasteiger charge is -2.11. The molecule has 74 valence electrons. The van der Waals surface area contributed by atoms with Gasteiger partial charge in [0.15, 0.2) is 0 Å².